The van der Waals surface area contributed by atoms with Crippen molar-refractivity contribution < 1.29 is 4.79 Å². The summed E-state index contributed by atoms with van der Waals surface area (Å²) in [7, 11) is 3.05. The van der Waals surface area contributed by atoms with E-state index in [1.165, 1.54) is 23.4 Å². The van der Waals surface area contributed by atoms with Crippen LogP contribution in [0, 0.1) is 0 Å². The molecule has 0 aliphatic carbocycles. The van der Waals surface area contributed by atoms with Crippen molar-refractivity contribution in [2.24, 2.45) is 14.1 Å². The number of nitrogens with one attached hydrogen (secondary N) is 1. The van der Waals surface area contributed by atoms with Gasteiger partial charge in [0.25, 0.3) is 5.56 Å². The van der Waals surface area contributed by atoms with E-state index in [9.17, 15) is 14.4 Å². The Hall–Kier alpha value is -3.59. The van der Waals surface area contributed by atoms with Crippen LogP contribution in [0.2, 0.25) is 0 Å². The first-order valence-corrected chi connectivity index (χ1v) is 11.1. The molecule has 0 radical (unpaired) electrons. The average molecular weight is 450 g/mol. The standard InChI is InChI=1S/C23H23N5O3S/c1-26-20-19(21(30)27(2)23(26)31)28(14-13-16-9-5-3-6-10-16)22(25-20)32-15-18(29)24-17-11-7-4-8-12-17/h3-12H,13-15H2,1-2H3,(H,24,29). The fourth-order valence-electron chi connectivity index (χ4n) is 3.48. The molecule has 0 aliphatic rings. The maximum absolute atomic E-state index is 12.9. The maximum Gasteiger partial charge on any atom is 0.332 e. The smallest absolute Gasteiger partial charge is 0.325 e. The quantitative estimate of drug-likeness (QED) is 0.438. The number of hydrogen-bond donors (Lipinski definition) is 1. The molecule has 2 aromatic carbocycles. The fourth-order valence-corrected chi connectivity index (χ4v) is 4.30. The molecule has 9 heteroatoms. The normalized spacial score (nSPS) is 11.1. The second-order valence-corrected chi connectivity index (χ2v) is 8.30. The highest BCUT2D eigenvalue weighted by Crippen LogP contribution is 2.22. The summed E-state index contributed by atoms with van der Waals surface area (Å²) in [5, 5.41) is 3.37. The van der Waals surface area contributed by atoms with Gasteiger partial charge in [-0.3, -0.25) is 18.7 Å². The van der Waals surface area contributed by atoms with Crippen LogP contribution in [0.5, 0.6) is 0 Å². The van der Waals surface area contributed by atoms with E-state index in [1.807, 2.05) is 65.2 Å². The molecular weight excluding hydrogens is 426 g/mol. The molecule has 0 spiro atoms. The number of nitrogens with zero attached hydrogens (tertiary/aromatic N) is 4. The molecule has 2 aromatic heterocycles. The summed E-state index contributed by atoms with van der Waals surface area (Å²) in [6.07, 6.45) is 0.683. The van der Waals surface area contributed by atoms with E-state index in [1.54, 1.807) is 7.05 Å². The van der Waals surface area contributed by atoms with Crippen LogP contribution in [-0.4, -0.2) is 30.3 Å². The molecule has 0 saturated heterocycles. The molecule has 8 nitrogen and oxygen atoms in total. The van der Waals surface area contributed by atoms with E-state index >= 15 is 0 Å². The van der Waals surface area contributed by atoms with Crippen molar-refractivity contribution in [3.8, 4) is 0 Å². The van der Waals surface area contributed by atoms with Crippen LogP contribution in [0.1, 0.15) is 5.56 Å². The van der Waals surface area contributed by atoms with Gasteiger partial charge in [0.2, 0.25) is 5.91 Å². The van der Waals surface area contributed by atoms with Crippen LogP contribution < -0.4 is 16.6 Å². The van der Waals surface area contributed by atoms with Crippen LogP contribution in [0.15, 0.2) is 75.4 Å². The Morgan fingerprint density at radius 1 is 0.969 bits per heavy atom. The molecule has 4 rings (SSSR count). The Labute approximate surface area is 188 Å². The number of rotatable bonds is 7. The molecule has 2 heterocycles. The number of carbonyl (C=O) groups excluding carboxylic acids is 1. The third-order valence-corrected chi connectivity index (χ3v) is 6.15. The van der Waals surface area contributed by atoms with Crippen LogP contribution in [0.3, 0.4) is 0 Å². The monoisotopic (exact) mass is 449 g/mol. The third-order valence-electron chi connectivity index (χ3n) is 5.17. The molecular formula is C23H23N5O3S. The number of carbonyl (C=O) groups is 1. The number of thioether (sulfide) groups is 1. The van der Waals surface area contributed by atoms with Crippen molar-refractivity contribution in [2.75, 3.05) is 11.1 Å². The first-order valence-electron chi connectivity index (χ1n) is 10.1. The highest BCUT2D eigenvalue weighted by Gasteiger charge is 2.20. The number of imidazole rings is 1. The molecule has 0 aliphatic heterocycles. The number of anilines is 1. The summed E-state index contributed by atoms with van der Waals surface area (Å²) in [4.78, 5) is 42.3. The zero-order valence-electron chi connectivity index (χ0n) is 17.8. The number of aryl methyl sites for hydroxylation is 3. The summed E-state index contributed by atoms with van der Waals surface area (Å²) in [5.41, 5.74) is 1.67. The Bertz CT molecular complexity index is 1370. The van der Waals surface area contributed by atoms with Gasteiger partial charge in [-0.05, 0) is 24.1 Å². The molecule has 4 aromatic rings. The zero-order chi connectivity index (χ0) is 22.7. The summed E-state index contributed by atoms with van der Waals surface area (Å²) in [5.74, 6) is -0.0534. The van der Waals surface area contributed by atoms with Crippen molar-refractivity contribution in [1.82, 2.24) is 18.7 Å². The fraction of sp³-hybridized carbons (Fsp3) is 0.217. The number of para-hydroxylation sites is 1. The topological polar surface area (TPSA) is 90.9 Å². The van der Waals surface area contributed by atoms with Gasteiger partial charge in [-0.2, -0.15) is 0 Å². The van der Waals surface area contributed by atoms with E-state index in [2.05, 4.69) is 10.3 Å². The van der Waals surface area contributed by atoms with Crippen molar-refractivity contribution in [2.45, 2.75) is 18.1 Å². The molecule has 0 bridgehead atoms. The maximum atomic E-state index is 12.9. The van der Waals surface area contributed by atoms with Gasteiger partial charge in [0, 0.05) is 26.3 Å². The lowest BCUT2D eigenvalue weighted by atomic mass is 10.1. The average Bonchev–Trinajstić information content (AvgIpc) is 3.18. The molecule has 0 unspecified atom stereocenters. The predicted octanol–water partition coefficient (Wildman–Crippen LogP) is 2.41. The van der Waals surface area contributed by atoms with Crippen LogP contribution in [-0.2, 0) is 31.9 Å². The first-order chi connectivity index (χ1) is 15.5. The Morgan fingerprint density at radius 2 is 1.62 bits per heavy atom. The van der Waals surface area contributed by atoms with E-state index in [0.29, 0.717) is 35.0 Å². The number of amides is 1. The van der Waals surface area contributed by atoms with Gasteiger partial charge >= 0.3 is 5.69 Å². The molecule has 0 saturated carbocycles. The minimum absolute atomic E-state index is 0.123. The second-order valence-electron chi connectivity index (χ2n) is 7.36. The third kappa shape index (κ3) is 4.38. The minimum atomic E-state index is -0.436. The minimum Gasteiger partial charge on any atom is -0.325 e. The summed E-state index contributed by atoms with van der Waals surface area (Å²) in [6.45, 7) is 0.497. The Kier molecular flexibility index (Phi) is 6.27. The van der Waals surface area contributed by atoms with E-state index in [-0.39, 0.29) is 11.7 Å². The van der Waals surface area contributed by atoms with Crippen LogP contribution in [0.25, 0.3) is 11.2 Å². The largest absolute Gasteiger partial charge is 0.332 e. The SMILES string of the molecule is Cn1c(=O)c2c(nc(SCC(=O)Nc3ccccc3)n2CCc2ccccc2)n(C)c1=O. The first kappa shape index (κ1) is 21.6. The highest BCUT2D eigenvalue weighted by atomic mass is 32.2. The second kappa shape index (κ2) is 9.27. The lowest BCUT2D eigenvalue weighted by Gasteiger charge is -2.10. The van der Waals surface area contributed by atoms with Gasteiger partial charge in [-0.1, -0.05) is 60.3 Å². The van der Waals surface area contributed by atoms with Crippen molar-refractivity contribution in [3.05, 3.63) is 87.1 Å². The summed E-state index contributed by atoms with van der Waals surface area (Å²) in [6, 6.07) is 19.1. The summed E-state index contributed by atoms with van der Waals surface area (Å²) >= 11 is 1.24. The predicted molar refractivity (Wildman–Crippen MR) is 126 cm³/mol. The van der Waals surface area contributed by atoms with Crippen molar-refractivity contribution >= 4 is 34.5 Å². The van der Waals surface area contributed by atoms with Gasteiger partial charge in [0.1, 0.15) is 0 Å². The Balaban J connectivity index is 1.66. The van der Waals surface area contributed by atoms with Gasteiger partial charge in [-0.15, -0.1) is 0 Å². The molecule has 164 valence electrons. The van der Waals surface area contributed by atoms with E-state index < -0.39 is 11.2 Å². The summed E-state index contributed by atoms with van der Waals surface area (Å²) < 4.78 is 4.26. The Morgan fingerprint density at radius 3 is 2.31 bits per heavy atom. The lowest BCUT2D eigenvalue weighted by Crippen LogP contribution is -2.37. The zero-order valence-corrected chi connectivity index (χ0v) is 18.6. The number of fused-ring (bicyclic) bond motifs is 1. The number of hydrogen-bond acceptors (Lipinski definition) is 5. The van der Waals surface area contributed by atoms with Gasteiger partial charge in [0.15, 0.2) is 16.3 Å². The molecule has 0 atom stereocenters. The molecule has 1 N–H and O–H groups in total. The van der Waals surface area contributed by atoms with Gasteiger partial charge < -0.3 is 9.88 Å². The molecule has 0 fully saturated rings. The van der Waals surface area contributed by atoms with E-state index in [0.717, 1.165) is 10.1 Å². The van der Waals surface area contributed by atoms with Gasteiger partial charge in [0.05, 0.1) is 5.75 Å². The number of benzene rings is 2. The highest BCUT2D eigenvalue weighted by molar-refractivity contribution is 7.99. The lowest BCUT2D eigenvalue weighted by molar-refractivity contribution is -0.113. The van der Waals surface area contributed by atoms with Crippen LogP contribution >= 0.6 is 11.8 Å². The van der Waals surface area contributed by atoms with Crippen LogP contribution in [0.4, 0.5) is 5.69 Å². The molecule has 1 amide bonds. The molecule has 32 heavy (non-hydrogen) atoms. The van der Waals surface area contributed by atoms with Gasteiger partial charge in [-0.25, -0.2) is 9.78 Å². The van der Waals surface area contributed by atoms with Crippen molar-refractivity contribution in [1.29, 1.82) is 0 Å². The van der Waals surface area contributed by atoms with Crippen molar-refractivity contribution in [3.63, 3.8) is 0 Å². The number of aromatic nitrogens is 4. The van der Waals surface area contributed by atoms with E-state index in [4.69, 9.17) is 0 Å².